The van der Waals surface area contributed by atoms with E-state index in [2.05, 4.69) is 4.99 Å². The summed E-state index contributed by atoms with van der Waals surface area (Å²) in [5.41, 5.74) is -0.659. The quantitative estimate of drug-likeness (QED) is 0.480. The third-order valence-corrected chi connectivity index (χ3v) is 5.09. The molecule has 9 nitrogen and oxygen atoms in total. The summed E-state index contributed by atoms with van der Waals surface area (Å²) in [7, 11) is 1.62. The first kappa shape index (κ1) is 24.2. The molecule has 1 aromatic rings. The molecule has 0 spiro atoms. The Balaban J connectivity index is 0.00000392. The molecular formula is C18H27NO8S. The summed E-state index contributed by atoms with van der Waals surface area (Å²) >= 11 is 1.31. The molecule has 1 atom stereocenters. The number of phenols is 1. The lowest BCUT2D eigenvalue weighted by atomic mass is 10.1. The highest BCUT2D eigenvalue weighted by Crippen LogP contribution is 2.35. The van der Waals surface area contributed by atoms with Crippen molar-refractivity contribution in [3.8, 4) is 11.5 Å². The molecule has 0 amide bonds. The Morgan fingerprint density at radius 3 is 2.39 bits per heavy atom. The molecule has 1 heterocycles. The van der Waals surface area contributed by atoms with Gasteiger partial charge in [-0.05, 0) is 19.1 Å². The number of aliphatic carboxylic acids is 1. The number of nitrogens with zero attached hydrogens (tertiary/aromatic N) is 1. The van der Waals surface area contributed by atoms with Gasteiger partial charge in [0.1, 0.15) is 23.1 Å². The van der Waals surface area contributed by atoms with Crippen molar-refractivity contribution in [3.63, 3.8) is 0 Å². The van der Waals surface area contributed by atoms with Crippen LogP contribution in [0.15, 0.2) is 23.2 Å². The summed E-state index contributed by atoms with van der Waals surface area (Å²) in [6, 6.07) is 4.87. The van der Waals surface area contributed by atoms with Crippen LogP contribution >= 0.6 is 11.8 Å². The minimum absolute atomic E-state index is 0. The van der Waals surface area contributed by atoms with E-state index in [0.29, 0.717) is 61.8 Å². The van der Waals surface area contributed by atoms with Crippen LogP contribution in [0.3, 0.4) is 0 Å². The fraction of sp³-hybridized carbons (Fsp3) is 0.556. The first-order valence-corrected chi connectivity index (χ1v) is 9.51. The van der Waals surface area contributed by atoms with Crippen molar-refractivity contribution in [1.82, 2.24) is 0 Å². The second kappa shape index (κ2) is 11.9. The number of carbonyl (C=O) groups is 1. The van der Waals surface area contributed by atoms with Gasteiger partial charge < -0.3 is 34.6 Å². The molecule has 158 valence electrons. The van der Waals surface area contributed by atoms with Gasteiger partial charge in [-0.25, -0.2) is 4.79 Å². The number of aromatic hydroxyl groups is 1. The van der Waals surface area contributed by atoms with Gasteiger partial charge in [0, 0.05) is 24.5 Å². The van der Waals surface area contributed by atoms with Gasteiger partial charge in [0.25, 0.3) is 0 Å². The largest absolute Gasteiger partial charge is 0.507 e. The number of methoxy groups -OCH3 is 1. The molecule has 1 unspecified atom stereocenters. The molecule has 0 aromatic heterocycles. The lowest BCUT2D eigenvalue weighted by Crippen LogP contribution is -2.33. The zero-order valence-corrected chi connectivity index (χ0v) is 16.8. The second-order valence-electron chi connectivity index (χ2n) is 6.03. The van der Waals surface area contributed by atoms with Gasteiger partial charge in [-0.1, -0.05) is 0 Å². The van der Waals surface area contributed by atoms with Crippen molar-refractivity contribution >= 4 is 22.8 Å². The van der Waals surface area contributed by atoms with Crippen molar-refractivity contribution in [2.45, 2.75) is 12.5 Å². The molecule has 4 N–H and O–H groups in total. The van der Waals surface area contributed by atoms with Crippen molar-refractivity contribution in [2.24, 2.45) is 4.99 Å². The van der Waals surface area contributed by atoms with Gasteiger partial charge in [0.05, 0.1) is 33.0 Å². The van der Waals surface area contributed by atoms with E-state index in [9.17, 15) is 15.0 Å². The van der Waals surface area contributed by atoms with Crippen LogP contribution < -0.4 is 4.74 Å². The zero-order chi connectivity index (χ0) is 19.7. The van der Waals surface area contributed by atoms with Gasteiger partial charge in [0.15, 0.2) is 5.54 Å². The first-order chi connectivity index (χ1) is 13.0. The van der Waals surface area contributed by atoms with Gasteiger partial charge in [-0.2, -0.15) is 0 Å². The molecule has 1 aromatic carbocycles. The van der Waals surface area contributed by atoms with Crippen molar-refractivity contribution < 1.29 is 39.4 Å². The van der Waals surface area contributed by atoms with Crippen LogP contribution in [0, 0.1) is 0 Å². The highest BCUT2D eigenvalue weighted by Gasteiger charge is 2.38. The highest BCUT2D eigenvalue weighted by atomic mass is 32.2. The molecule has 0 saturated carbocycles. The molecule has 0 aliphatic carbocycles. The number of rotatable bonds is 12. The fourth-order valence-electron chi connectivity index (χ4n) is 2.21. The topological polar surface area (TPSA) is 138 Å². The lowest BCUT2D eigenvalue weighted by molar-refractivity contribution is -0.141. The van der Waals surface area contributed by atoms with E-state index in [1.54, 1.807) is 26.2 Å². The molecule has 10 heteroatoms. The van der Waals surface area contributed by atoms with Crippen molar-refractivity contribution in [1.29, 1.82) is 0 Å². The predicted molar refractivity (Wildman–Crippen MR) is 106 cm³/mol. The molecule has 0 bridgehead atoms. The number of carboxylic acids is 1. The molecule has 0 fully saturated rings. The van der Waals surface area contributed by atoms with E-state index >= 15 is 0 Å². The van der Waals surface area contributed by atoms with Crippen LogP contribution in [0.5, 0.6) is 11.5 Å². The van der Waals surface area contributed by atoms with E-state index < -0.39 is 11.5 Å². The molecule has 0 radical (unpaired) electrons. The summed E-state index contributed by atoms with van der Waals surface area (Å²) < 4.78 is 21.1. The second-order valence-corrected chi connectivity index (χ2v) is 6.99. The fourth-order valence-corrected chi connectivity index (χ4v) is 3.41. The van der Waals surface area contributed by atoms with E-state index in [1.807, 2.05) is 0 Å². The van der Waals surface area contributed by atoms with E-state index in [-0.39, 0.29) is 11.2 Å². The SMILES string of the molecule is COCCOCCOCCOc1ccc(C2=NC(C)(C(=O)O)CS2)c(O)c1.O. The zero-order valence-electron chi connectivity index (χ0n) is 16.0. The Morgan fingerprint density at radius 1 is 1.18 bits per heavy atom. The van der Waals surface area contributed by atoms with Crippen LogP contribution in [0.2, 0.25) is 0 Å². The molecule has 0 saturated heterocycles. The van der Waals surface area contributed by atoms with E-state index in [0.717, 1.165) is 0 Å². The highest BCUT2D eigenvalue weighted by molar-refractivity contribution is 8.14. The molecule has 1 aliphatic rings. The Hall–Kier alpha value is -1.85. The number of hydrogen-bond donors (Lipinski definition) is 2. The minimum Gasteiger partial charge on any atom is -0.507 e. The molecular weight excluding hydrogens is 390 g/mol. The Morgan fingerprint density at radius 2 is 1.82 bits per heavy atom. The molecule has 28 heavy (non-hydrogen) atoms. The van der Waals surface area contributed by atoms with Crippen LogP contribution in [-0.4, -0.2) is 84.7 Å². The van der Waals surface area contributed by atoms with Crippen molar-refractivity contribution in [2.75, 3.05) is 52.5 Å². The van der Waals surface area contributed by atoms with Gasteiger partial charge in [-0.3, -0.25) is 4.99 Å². The van der Waals surface area contributed by atoms with Gasteiger partial charge >= 0.3 is 5.97 Å². The number of ether oxygens (including phenoxy) is 4. The maximum atomic E-state index is 11.3. The van der Waals surface area contributed by atoms with Crippen LogP contribution in [0.1, 0.15) is 12.5 Å². The molecule has 1 aliphatic heterocycles. The average Bonchev–Trinajstić information content (AvgIpc) is 3.04. The number of hydrogen-bond acceptors (Lipinski definition) is 8. The van der Waals surface area contributed by atoms with Gasteiger partial charge in [-0.15, -0.1) is 11.8 Å². The third kappa shape index (κ3) is 6.95. The van der Waals surface area contributed by atoms with Gasteiger partial charge in [0.2, 0.25) is 0 Å². The standard InChI is InChI=1S/C18H25NO7S.H2O/c1-18(17(21)22)12-27-16(19-18)14-4-3-13(11-15(14)20)26-10-9-25-8-7-24-6-5-23-2;/h3-4,11,20H,5-10,12H2,1-2H3,(H,21,22);1H2. The van der Waals surface area contributed by atoms with Crippen molar-refractivity contribution in [3.05, 3.63) is 23.8 Å². The number of thioether (sulfide) groups is 1. The normalized spacial score (nSPS) is 18.4. The number of carboxylic acid groups (broad SMARTS) is 1. The lowest BCUT2D eigenvalue weighted by Gasteiger charge is -2.12. The van der Waals surface area contributed by atoms with Crippen LogP contribution in [-0.2, 0) is 19.0 Å². The maximum Gasteiger partial charge on any atom is 0.332 e. The van der Waals surface area contributed by atoms with E-state index in [4.69, 9.17) is 18.9 Å². The third-order valence-electron chi connectivity index (χ3n) is 3.80. The summed E-state index contributed by atoms with van der Waals surface area (Å²) in [6.45, 7) is 4.36. The van der Waals surface area contributed by atoms with E-state index in [1.165, 1.54) is 17.8 Å². The first-order valence-electron chi connectivity index (χ1n) is 8.53. The van der Waals surface area contributed by atoms with Crippen LogP contribution in [0.4, 0.5) is 0 Å². The number of aliphatic imine (C=N–C) groups is 1. The summed E-state index contributed by atoms with van der Waals surface area (Å²) in [5, 5.41) is 20.0. The average molecular weight is 417 g/mol. The monoisotopic (exact) mass is 417 g/mol. The smallest absolute Gasteiger partial charge is 0.332 e. The number of phenolic OH excluding ortho intramolecular Hbond substituents is 1. The summed E-state index contributed by atoms with van der Waals surface area (Å²) in [5.74, 6) is -0.141. The minimum atomic E-state index is -1.16. The Labute approximate surface area is 168 Å². The van der Waals surface area contributed by atoms with Crippen LogP contribution in [0.25, 0.3) is 0 Å². The Kier molecular flexibility index (Phi) is 10.3. The summed E-state index contributed by atoms with van der Waals surface area (Å²) in [4.78, 5) is 15.5. The maximum absolute atomic E-state index is 11.3. The predicted octanol–water partition coefficient (Wildman–Crippen LogP) is 0.963. The summed E-state index contributed by atoms with van der Waals surface area (Å²) in [6.07, 6.45) is 0. The molecule has 2 rings (SSSR count). The number of benzene rings is 1. The Bertz CT molecular complexity index is 669.